The molecular weight excluding hydrogens is 275 g/mol. The van der Waals surface area contributed by atoms with E-state index in [-0.39, 0.29) is 24.9 Å². The number of rotatable bonds is 3. The normalized spacial score (nSPS) is 13.1. The molecule has 2 N–H and O–H groups in total. The van der Waals surface area contributed by atoms with Crippen molar-refractivity contribution in [2.45, 2.75) is 32.4 Å². The molecular formula is C15H21FN2OS. The van der Waals surface area contributed by atoms with Crippen LogP contribution in [0.4, 0.5) is 4.39 Å². The molecule has 1 aromatic heterocycles. The lowest BCUT2D eigenvalue weighted by Crippen LogP contribution is -2.38. The second kappa shape index (κ2) is 6.52. The van der Waals surface area contributed by atoms with Crippen molar-refractivity contribution in [2.24, 2.45) is 0 Å². The predicted octanol–water partition coefficient (Wildman–Crippen LogP) is 2.91. The Kier molecular flexibility index (Phi) is 5.50. The van der Waals surface area contributed by atoms with Gasteiger partial charge in [-0.1, -0.05) is 6.07 Å². The van der Waals surface area contributed by atoms with E-state index in [1.165, 1.54) is 6.07 Å². The molecule has 0 bridgehead atoms. The van der Waals surface area contributed by atoms with E-state index in [1.54, 1.807) is 24.4 Å². The predicted molar refractivity (Wildman–Crippen MR) is 84.8 cm³/mol. The molecule has 3 nitrogen and oxygen atoms in total. The SMILES string of the molecule is CC(C)(C)NC[C@@H](O)c1ccc(F)c2cccnc12.S. The van der Waals surface area contributed by atoms with Crippen LogP contribution < -0.4 is 5.32 Å². The molecule has 1 atom stereocenters. The Morgan fingerprint density at radius 3 is 2.65 bits per heavy atom. The molecule has 110 valence electrons. The number of nitrogens with one attached hydrogen (secondary N) is 1. The van der Waals surface area contributed by atoms with Gasteiger partial charge < -0.3 is 10.4 Å². The minimum absolute atomic E-state index is 0. The summed E-state index contributed by atoms with van der Waals surface area (Å²) in [5, 5.41) is 13.9. The summed E-state index contributed by atoms with van der Waals surface area (Å²) < 4.78 is 13.7. The van der Waals surface area contributed by atoms with Crippen LogP contribution in [0.25, 0.3) is 10.9 Å². The second-order valence-electron chi connectivity index (χ2n) is 5.68. The summed E-state index contributed by atoms with van der Waals surface area (Å²) in [6, 6.07) is 6.33. The minimum Gasteiger partial charge on any atom is -0.387 e. The van der Waals surface area contributed by atoms with Gasteiger partial charge in [-0.25, -0.2) is 4.39 Å². The molecule has 0 aliphatic carbocycles. The van der Waals surface area contributed by atoms with Gasteiger partial charge in [0, 0.05) is 29.2 Å². The number of pyridine rings is 1. The van der Waals surface area contributed by atoms with Gasteiger partial charge in [0.15, 0.2) is 0 Å². The quantitative estimate of drug-likeness (QED) is 0.915. The van der Waals surface area contributed by atoms with Gasteiger partial charge in [0.05, 0.1) is 11.6 Å². The maximum Gasteiger partial charge on any atom is 0.132 e. The largest absolute Gasteiger partial charge is 0.387 e. The Morgan fingerprint density at radius 2 is 2.00 bits per heavy atom. The lowest BCUT2D eigenvalue weighted by atomic mass is 10.0. The van der Waals surface area contributed by atoms with E-state index in [0.717, 1.165) is 0 Å². The number of aliphatic hydroxyl groups is 1. The van der Waals surface area contributed by atoms with Crippen molar-refractivity contribution in [3.05, 3.63) is 41.8 Å². The average Bonchev–Trinajstić information content (AvgIpc) is 2.36. The number of aromatic nitrogens is 1. The zero-order valence-electron chi connectivity index (χ0n) is 11.9. The summed E-state index contributed by atoms with van der Waals surface area (Å²) in [6.07, 6.45) is 0.895. The summed E-state index contributed by atoms with van der Waals surface area (Å²) in [6.45, 7) is 6.49. The van der Waals surface area contributed by atoms with Gasteiger partial charge in [0.1, 0.15) is 5.82 Å². The topological polar surface area (TPSA) is 45.1 Å². The van der Waals surface area contributed by atoms with Crippen molar-refractivity contribution in [1.29, 1.82) is 0 Å². The summed E-state index contributed by atoms with van der Waals surface area (Å²) in [4.78, 5) is 4.18. The van der Waals surface area contributed by atoms with Crippen molar-refractivity contribution in [1.82, 2.24) is 10.3 Å². The van der Waals surface area contributed by atoms with Crippen molar-refractivity contribution in [3.8, 4) is 0 Å². The van der Waals surface area contributed by atoms with Crippen LogP contribution in [0.15, 0.2) is 30.5 Å². The number of β-amino-alcohol motifs (C(OH)–C–C–N with tert-alkyl or cyclic N) is 1. The summed E-state index contributed by atoms with van der Waals surface area (Å²) >= 11 is 0. The zero-order chi connectivity index (χ0) is 14.0. The molecule has 2 aromatic rings. The van der Waals surface area contributed by atoms with E-state index in [4.69, 9.17) is 0 Å². The van der Waals surface area contributed by atoms with Gasteiger partial charge in [0.25, 0.3) is 0 Å². The Balaban J connectivity index is 0.00000200. The zero-order valence-corrected chi connectivity index (χ0v) is 12.9. The average molecular weight is 296 g/mol. The van der Waals surface area contributed by atoms with E-state index >= 15 is 0 Å². The maximum absolute atomic E-state index is 13.7. The van der Waals surface area contributed by atoms with Gasteiger partial charge in [-0.15, -0.1) is 0 Å². The highest BCUT2D eigenvalue weighted by atomic mass is 32.1. The molecule has 0 aliphatic rings. The van der Waals surface area contributed by atoms with Crippen LogP contribution in [0.2, 0.25) is 0 Å². The molecule has 1 heterocycles. The molecule has 1 aromatic carbocycles. The number of nitrogens with zero attached hydrogens (tertiary/aromatic N) is 1. The first-order valence-electron chi connectivity index (χ1n) is 6.35. The monoisotopic (exact) mass is 296 g/mol. The van der Waals surface area contributed by atoms with Crippen LogP contribution in [-0.2, 0) is 0 Å². The standard InChI is InChI=1S/C15H19FN2O.H2S/c1-15(2,3)18-9-13(19)11-6-7-12(16)10-5-4-8-17-14(10)11;/h4-8,13,18-19H,9H2,1-3H3;1H2/t13-;/m1./s1. The van der Waals surface area contributed by atoms with Crippen LogP contribution in [-0.4, -0.2) is 22.2 Å². The summed E-state index contributed by atoms with van der Waals surface area (Å²) in [5.41, 5.74) is 1.09. The smallest absolute Gasteiger partial charge is 0.132 e. The van der Waals surface area contributed by atoms with Crippen LogP contribution >= 0.6 is 13.5 Å². The van der Waals surface area contributed by atoms with Crippen LogP contribution in [0.5, 0.6) is 0 Å². The Morgan fingerprint density at radius 1 is 1.30 bits per heavy atom. The Bertz CT molecular complexity index is 584. The van der Waals surface area contributed by atoms with Crippen molar-refractivity contribution >= 4 is 24.4 Å². The minimum atomic E-state index is -0.711. The first kappa shape index (κ1) is 16.9. The van der Waals surface area contributed by atoms with E-state index in [1.807, 2.05) is 20.8 Å². The number of hydrogen-bond acceptors (Lipinski definition) is 3. The first-order chi connectivity index (χ1) is 8.88. The van der Waals surface area contributed by atoms with Crippen molar-refractivity contribution in [3.63, 3.8) is 0 Å². The van der Waals surface area contributed by atoms with Gasteiger partial charge in [-0.3, -0.25) is 4.98 Å². The molecule has 2 rings (SSSR count). The van der Waals surface area contributed by atoms with Gasteiger partial charge >= 0.3 is 0 Å². The van der Waals surface area contributed by atoms with Crippen LogP contribution in [0, 0.1) is 5.82 Å². The fourth-order valence-electron chi connectivity index (χ4n) is 1.94. The van der Waals surface area contributed by atoms with Gasteiger partial charge in [0.2, 0.25) is 0 Å². The van der Waals surface area contributed by atoms with E-state index in [2.05, 4.69) is 10.3 Å². The fraction of sp³-hybridized carbons (Fsp3) is 0.400. The summed E-state index contributed by atoms with van der Waals surface area (Å²) in [5.74, 6) is -0.317. The number of halogens is 1. The lowest BCUT2D eigenvalue weighted by Gasteiger charge is -2.23. The van der Waals surface area contributed by atoms with Crippen LogP contribution in [0.3, 0.4) is 0 Å². The molecule has 0 radical (unpaired) electrons. The number of aliphatic hydroxyl groups excluding tert-OH is 1. The van der Waals surface area contributed by atoms with E-state index in [9.17, 15) is 9.50 Å². The van der Waals surface area contributed by atoms with Crippen molar-refractivity contribution < 1.29 is 9.50 Å². The Labute approximate surface area is 125 Å². The third-order valence-electron chi connectivity index (χ3n) is 2.93. The van der Waals surface area contributed by atoms with E-state index in [0.29, 0.717) is 23.0 Å². The molecule has 20 heavy (non-hydrogen) atoms. The Hall–Kier alpha value is -1.17. The molecule has 0 aliphatic heterocycles. The maximum atomic E-state index is 13.7. The summed E-state index contributed by atoms with van der Waals surface area (Å²) in [7, 11) is 0. The number of fused-ring (bicyclic) bond motifs is 1. The third kappa shape index (κ3) is 3.91. The second-order valence-corrected chi connectivity index (χ2v) is 5.68. The lowest BCUT2D eigenvalue weighted by molar-refractivity contribution is 0.164. The van der Waals surface area contributed by atoms with Gasteiger partial charge in [-0.2, -0.15) is 13.5 Å². The van der Waals surface area contributed by atoms with E-state index < -0.39 is 6.10 Å². The first-order valence-corrected chi connectivity index (χ1v) is 6.35. The molecule has 0 amide bonds. The van der Waals surface area contributed by atoms with Crippen LogP contribution in [0.1, 0.15) is 32.4 Å². The highest BCUT2D eigenvalue weighted by Gasteiger charge is 2.17. The fourth-order valence-corrected chi connectivity index (χ4v) is 1.94. The molecule has 0 unspecified atom stereocenters. The molecule has 5 heteroatoms. The number of benzene rings is 1. The highest BCUT2D eigenvalue weighted by molar-refractivity contribution is 7.59. The molecule has 0 fully saturated rings. The molecule has 0 spiro atoms. The van der Waals surface area contributed by atoms with Crippen molar-refractivity contribution in [2.75, 3.05) is 6.54 Å². The highest BCUT2D eigenvalue weighted by Crippen LogP contribution is 2.24. The molecule has 0 saturated carbocycles. The third-order valence-corrected chi connectivity index (χ3v) is 2.93. The number of hydrogen-bond donors (Lipinski definition) is 2. The van der Waals surface area contributed by atoms with Gasteiger partial charge in [-0.05, 0) is 39.0 Å². The molecule has 0 saturated heterocycles.